The van der Waals surface area contributed by atoms with Crippen LogP contribution in [0.5, 0.6) is 17.2 Å². The number of nitrogens with zero attached hydrogens (tertiary/aromatic N) is 2. The van der Waals surface area contributed by atoms with Gasteiger partial charge in [0.1, 0.15) is 5.75 Å². The minimum atomic E-state index is 0.103. The number of hydrogen-bond donors (Lipinski definition) is 2. The van der Waals surface area contributed by atoms with Crippen LogP contribution in [-0.2, 0) is 0 Å². The summed E-state index contributed by atoms with van der Waals surface area (Å²) in [6.45, 7) is 6.64. The molecule has 0 radical (unpaired) electrons. The van der Waals surface area contributed by atoms with Crippen molar-refractivity contribution in [3.63, 3.8) is 0 Å². The molecule has 0 saturated heterocycles. The third-order valence-corrected chi connectivity index (χ3v) is 4.82. The van der Waals surface area contributed by atoms with Gasteiger partial charge in [-0.15, -0.1) is 0 Å². The SMILES string of the molecule is CCN(CC)C(CN=C(N)Nc1ccc(OC)c(OC)c1)c1cccc(OC)c1. The fourth-order valence-corrected chi connectivity index (χ4v) is 3.23. The van der Waals surface area contributed by atoms with E-state index in [-0.39, 0.29) is 6.04 Å². The van der Waals surface area contributed by atoms with Gasteiger partial charge in [-0.2, -0.15) is 0 Å². The molecule has 0 heterocycles. The van der Waals surface area contributed by atoms with E-state index in [1.165, 1.54) is 0 Å². The zero-order valence-corrected chi connectivity index (χ0v) is 17.9. The molecule has 7 nitrogen and oxygen atoms in total. The zero-order chi connectivity index (χ0) is 21.2. The fraction of sp³-hybridized carbons (Fsp3) is 0.409. The Morgan fingerprint density at radius 3 is 2.34 bits per heavy atom. The van der Waals surface area contributed by atoms with Crippen molar-refractivity contribution >= 4 is 11.6 Å². The third-order valence-electron chi connectivity index (χ3n) is 4.82. The van der Waals surface area contributed by atoms with Crippen LogP contribution in [0.3, 0.4) is 0 Å². The van der Waals surface area contributed by atoms with Crippen LogP contribution >= 0.6 is 0 Å². The van der Waals surface area contributed by atoms with E-state index in [1.807, 2.05) is 30.3 Å². The Morgan fingerprint density at radius 2 is 1.72 bits per heavy atom. The molecule has 2 aromatic rings. The summed E-state index contributed by atoms with van der Waals surface area (Å²) >= 11 is 0. The number of nitrogens with two attached hydrogens (primary N) is 1. The molecule has 0 aromatic heterocycles. The summed E-state index contributed by atoms with van der Waals surface area (Å²) < 4.78 is 16.0. The van der Waals surface area contributed by atoms with Crippen molar-refractivity contribution in [1.82, 2.24) is 4.90 Å². The predicted octanol–water partition coefficient (Wildman–Crippen LogP) is 3.52. The highest BCUT2D eigenvalue weighted by atomic mass is 16.5. The number of methoxy groups -OCH3 is 3. The van der Waals surface area contributed by atoms with E-state index >= 15 is 0 Å². The smallest absolute Gasteiger partial charge is 0.193 e. The van der Waals surface area contributed by atoms with E-state index in [9.17, 15) is 0 Å². The molecule has 0 aliphatic rings. The highest BCUT2D eigenvalue weighted by molar-refractivity contribution is 5.92. The molecule has 3 N–H and O–H groups in total. The summed E-state index contributed by atoms with van der Waals surface area (Å²) in [6.07, 6.45) is 0. The monoisotopic (exact) mass is 400 g/mol. The lowest BCUT2D eigenvalue weighted by Gasteiger charge is -2.29. The van der Waals surface area contributed by atoms with E-state index in [0.29, 0.717) is 24.0 Å². The maximum absolute atomic E-state index is 6.16. The molecular weight excluding hydrogens is 368 g/mol. The molecular formula is C22H32N4O3. The van der Waals surface area contributed by atoms with Crippen molar-refractivity contribution in [2.24, 2.45) is 10.7 Å². The van der Waals surface area contributed by atoms with Crippen LogP contribution < -0.4 is 25.3 Å². The minimum Gasteiger partial charge on any atom is -0.497 e. The van der Waals surface area contributed by atoms with Gasteiger partial charge in [-0.05, 0) is 42.9 Å². The van der Waals surface area contributed by atoms with Gasteiger partial charge in [-0.3, -0.25) is 9.89 Å². The van der Waals surface area contributed by atoms with Crippen LogP contribution in [0, 0.1) is 0 Å². The van der Waals surface area contributed by atoms with Gasteiger partial charge >= 0.3 is 0 Å². The Balaban J connectivity index is 2.19. The van der Waals surface area contributed by atoms with Gasteiger partial charge < -0.3 is 25.3 Å². The molecule has 0 aliphatic carbocycles. The third kappa shape index (κ3) is 6.02. The first-order valence-electron chi connectivity index (χ1n) is 9.73. The van der Waals surface area contributed by atoms with Gasteiger partial charge in [0, 0.05) is 11.8 Å². The molecule has 7 heteroatoms. The number of guanidine groups is 1. The minimum absolute atomic E-state index is 0.103. The fourth-order valence-electron chi connectivity index (χ4n) is 3.23. The lowest BCUT2D eigenvalue weighted by atomic mass is 10.0. The molecule has 0 bridgehead atoms. The maximum atomic E-state index is 6.16. The first-order valence-corrected chi connectivity index (χ1v) is 9.73. The average molecular weight is 401 g/mol. The summed E-state index contributed by atoms with van der Waals surface area (Å²) in [6, 6.07) is 13.7. The largest absolute Gasteiger partial charge is 0.497 e. The Kier molecular flexibility index (Phi) is 8.61. The van der Waals surface area contributed by atoms with Crippen LogP contribution in [0.1, 0.15) is 25.5 Å². The number of aliphatic imine (C=N–C) groups is 1. The van der Waals surface area contributed by atoms with E-state index in [0.717, 1.165) is 30.1 Å². The summed E-state index contributed by atoms with van der Waals surface area (Å²) in [5.41, 5.74) is 8.09. The van der Waals surface area contributed by atoms with Gasteiger partial charge in [0.2, 0.25) is 0 Å². The number of benzene rings is 2. The maximum Gasteiger partial charge on any atom is 0.193 e. The Hall–Kier alpha value is -2.93. The van der Waals surface area contributed by atoms with Gasteiger partial charge in [-0.1, -0.05) is 26.0 Å². The number of hydrogen-bond acceptors (Lipinski definition) is 5. The Bertz CT molecular complexity index is 806. The quantitative estimate of drug-likeness (QED) is 0.469. The molecule has 0 fully saturated rings. The molecule has 0 spiro atoms. The number of anilines is 1. The predicted molar refractivity (Wildman–Crippen MR) is 118 cm³/mol. The van der Waals surface area contributed by atoms with Gasteiger partial charge in [0.25, 0.3) is 0 Å². The molecule has 2 aromatic carbocycles. The van der Waals surface area contributed by atoms with Crippen LogP contribution in [0.4, 0.5) is 5.69 Å². The van der Waals surface area contributed by atoms with Crippen LogP contribution in [0.25, 0.3) is 0 Å². The normalized spacial score (nSPS) is 12.6. The molecule has 2 rings (SSSR count). The lowest BCUT2D eigenvalue weighted by molar-refractivity contribution is 0.224. The number of ether oxygens (including phenoxy) is 3. The van der Waals surface area contributed by atoms with Gasteiger partial charge in [0.15, 0.2) is 17.5 Å². The van der Waals surface area contributed by atoms with E-state index < -0.39 is 0 Å². The van der Waals surface area contributed by atoms with Crippen LogP contribution in [0.15, 0.2) is 47.5 Å². The summed E-state index contributed by atoms with van der Waals surface area (Å²) in [5.74, 6) is 2.47. The number of rotatable bonds is 10. The van der Waals surface area contributed by atoms with Crippen molar-refractivity contribution in [2.75, 3.05) is 46.3 Å². The van der Waals surface area contributed by atoms with Gasteiger partial charge in [-0.25, -0.2) is 0 Å². The van der Waals surface area contributed by atoms with Crippen molar-refractivity contribution in [3.8, 4) is 17.2 Å². The summed E-state index contributed by atoms with van der Waals surface area (Å²) in [5, 5.41) is 3.12. The highest BCUT2D eigenvalue weighted by Gasteiger charge is 2.18. The van der Waals surface area contributed by atoms with Crippen molar-refractivity contribution in [2.45, 2.75) is 19.9 Å². The molecule has 0 saturated carbocycles. The van der Waals surface area contributed by atoms with E-state index in [1.54, 1.807) is 21.3 Å². The number of likely N-dealkylation sites (N-methyl/N-ethyl adjacent to an activating group) is 1. The molecule has 29 heavy (non-hydrogen) atoms. The average Bonchev–Trinajstić information content (AvgIpc) is 2.76. The Labute approximate surface area is 173 Å². The molecule has 0 aliphatic heterocycles. The van der Waals surface area contributed by atoms with E-state index in [4.69, 9.17) is 19.9 Å². The number of nitrogens with one attached hydrogen (secondary N) is 1. The summed E-state index contributed by atoms with van der Waals surface area (Å²) in [4.78, 5) is 6.94. The standard InChI is InChI=1S/C22H32N4O3/c1-6-26(7-2)19(16-9-8-10-18(13-16)27-3)15-24-22(23)25-17-11-12-20(28-4)21(14-17)29-5/h8-14,19H,6-7,15H2,1-5H3,(H3,23,24,25). The van der Waals surface area contributed by atoms with Crippen molar-refractivity contribution in [1.29, 1.82) is 0 Å². The first-order chi connectivity index (χ1) is 14.1. The Morgan fingerprint density at radius 1 is 1.00 bits per heavy atom. The second kappa shape index (κ2) is 11.2. The highest BCUT2D eigenvalue weighted by Crippen LogP contribution is 2.29. The topological polar surface area (TPSA) is 81.3 Å². The van der Waals surface area contributed by atoms with Crippen LogP contribution in [0.2, 0.25) is 0 Å². The van der Waals surface area contributed by atoms with Gasteiger partial charge in [0.05, 0.1) is 33.9 Å². The van der Waals surface area contributed by atoms with Crippen molar-refractivity contribution < 1.29 is 14.2 Å². The second-order valence-electron chi connectivity index (χ2n) is 6.43. The molecule has 158 valence electrons. The van der Waals surface area contributed by atoms with E-state index in [2.05, 4.69) is 41.2 Å². The summed E-state index contributed by atoms with van der Waals surface area (Å²) in [7, 11) is 4.88. The molecule has 0 amide bonds. The zero-order valence-electron chi connectivity index (χ0n) is 17.9. The van der Waals surface area contributed by atoms with Crippen molar-refractivity contribution in [3.05, 3.63) is 48.0 Å². The molecule has 1 unspecified atom stereocenters. The lowest BCUT2D eigenvalue weighted by Crippen LogP contribution is -2.32. The molecule has 1 atom stereocenters. The second-order valence-corrected chi connectivity index (χ2v) is 6.43. The van der Waals surface area contributed by atoms with Crippen LogP contribution in [-0.4, -0.2) is 51.8 Å². The first kappa shape index (κ1) is 22.4.